The summed E-state index contributed by atoms with van der Waals surface area (Å²) in [6.45, 7) is 3.35. The first kappa shape index (κ1) is 15.7. The first-order chi connectivity index (χ1) is 7.30. The van der Waals surface area contributed by atoms with Crippen LogP contribution in [0.3, 0.4) is 0 Å². The second-order valence-corrected chi connectivity index (χ2v) is 4.08. The van der Waals surface area contributed by atoms with Crippen LogP contribution in [0.2, 0.25) is 0 Å². The number of ether oxygens (including phenoxy) is 1. The molecule has 0 saturated heterocycles. The SMILES string of the molecule is CNC(COC)CN(CC(F)(F)F)C(C)C. The molecule has 0 rings (SSSR count). The molecule has 98 valence electrons. The Labute approximate surface area is 94.9 Å². The van der Waals surface area contributed by atoms with Gasteiger partial charge >= 0.3 is 6.18 Å². The maximum atomic E-state index is 12.3. The van der Waals surface area contributed by atoms with Crippen molar-refractivity contribution in [3.63, 3.8) is 0 Å². The standard InChI is InChI=1S/C10H21F3N2O/c1-8(2)15(7-10(11,12)13)5-9(14-3)6-16-4/h8-9,14H,5-7H2,1-4H3. The minimum absolute atomic E-state index is 0.0882. The van der Waals surface area contributed by atoms with Crippen LogP contribution in [-0.2, 0) is 4.74 Å². The van der Waals surface area contributed by atoms with Crippen molar-refractivity contribution in [3.05, 3.63) is 0 Å². The lowest BCUT2D eigenvalue weighted by Gasteiger charge is -2.30. The van der Waals surface area contributed by atoms with Gasteiger partial charge in [0, 0.05) is 25.7 Å². The summed E-state index contributed by atoms with van der Waals surface area (Å²) < 4.78 is 41.9. The highest BCUT2D eigenvalue weighted by atomic mass is 19.4. The molecular formula is C10H21F3N2O. The van der Waals surface area contributed by atoms with E-state index in [-0.39, 0.29) is 12.1 Å². The lowest BCUT2D eigenvalue weighted by molar-refractivity contribution is -0.150. The van der Waals surface area contributed by atoms with Crippen LogP contribution in [0.5, 0.6) is 0 Å². The van der Waals surface area contributed by atoms with Crippen molar-refractivity contribution in [2.45, 2.75) is 32.1 Å². The van der Waals surface area contributed by atoms with Crippen LogP contribution >= 0.6 is 0 Å². The maximum absolute atomic E-state index is 12.3. The Kier molecular flexibility index (Phi) is 6.94. The van der Waals surface area contributed by atoms with E-state index in [9.17, 15) is 13.2 Å². The fourth-order valence-corrected chi connectivity index (χ4v) is 1.40. The second-order valence-electron chi connectivity index (χ2n) is 4.08. The van der Waals surface area contributed by atoms with E-state index in [1.165, 1.54) is 12.0 Å². The van der Waals surface area contributed by atoms with Crippen LogP contribution in [0, 0.1) is 0 Å². The average molecular weight is 242 g/mol. The third kappa shape index (κ3) is 7.03. The number of alkyl halides is 3. The van der Waals surface area contributed by atoms with E-state index in [1.807, 2.05) is 0 Å². The first-order valence-corrected chi connectivity index (χ1v) is 5.27. The summed E-state index contributed by atoms with van der Waals surface area (Å²) in [6, 6.07) is -0.232. The van der Waals surface area contributed by atoms with Gasteiger partial charge in [-0.3, -0.25) is 4.90 Å². The minimum atomic E-state index is -4.16. The molecule has 1 N–H and O–H groups in total. The lowest BCUT2D eigenvalue weighted by atomic mass is 10.2. The fraction of sp³-hybridized carbons (Fsp3) is 1.00. The minimum Gasteiger partial charge on any atom is -0.383 e. The van der Waals surface area contributed by atoms with Crippen molar-refractivity contribution in [2.75, 3.05) is 33.9 Å². The third-order valence-electron chi connectivity index (χ3n) is 2.34. The zero-order chi connectivity index (χ0) is 12.8. The number of nitrogens with zero attached hydrogens (tertiary/aromatic N) is 1. The van der Waals surface area contributed by atoms with Crippen LogP contribution in [0.15, 0.2) is 0 Å². The smallest absolute Gasteiger partial charge is 0.383 e. The van der Waals surface area contributed by atoms with Gasteiger partial charge in [0.05, 0.1) is 13.2 Å². The number of nitrogens with one attached hydrogen (secondary N) is 1. The van der Waals surface area contributed by atoms with Gasteiger partial charge in [-0.15, -0.1) is 0 Å². The Hall–Kier alpha value is -0.330. The van der Waals surface area contributed by atoms with Crippen molar-refractivity contribution in [1.29, 1.82) is 0 Å². The predicted octanol–water partition coefficient (Wildman–Crippen LogP) is 1.49. The van der Waals surface area contributed by atoms with Crippen LogP contribution in [0.4, 0.5) is 13.2 Å². The van der Waals surface area contributed by atoms with E-state index in [2.05, 4.69) is 5.32 Å². The topological polar surface area (TPSA) is 24.5 Å². The lowest BCUT2D eigenvalue weighted by Crippen LogP contribution is -2.48. The maximum Gasteiger partial charge on any atom is 0.401 e. The fourth-order valence-electron chi connectivity index (χ4n) is 1.40. The predicted molar refractivity (Wildman–Crippen MR) is 57.5 cm³/mol. The molecule has 0 aromatic carbocycles. The highest BCUT2D eigenvalue weighted by Gasteiger charge is 2.32. The molecule has 1 atom stereocenters. The van der Waals surface area contributed by atoms with E-state index in [0.29, 0.717) is 13.2 Å². The number of hydrogen-bond donors (Lipinski definition) is 1. The normalized spacial score (nSPS) is 14.8. The van der Waals surface area contributed by atoms with Crippen LogP contribution < -0.4 is 5.32 Å². The van der Waals surface area contributed by atoms with E-state index in [0.717, 1.165) is 0 Å². The van der Waals surface area contributed by atoms with Gasteiger partial charge < -0.3 is 10.1 Å². The van der Waals surface area contributed by atoms with E-state index in [1.54, 1.807) is 20.9 Å². The van der Waals surface area contributed by atoms with Crippen LogP contribution in [0.25, 0.3) is 0 Å². The van der Waals surface area contributed by atoms with Gasteiger partial charge in [-0.2, -0.15) is 13.2 Å². The molecule has 0 saturated carbocycles. The highest BCUT2D eigenvalue weighted by molar-refractivity contribution is 4.75. The molecular weight excluding hydrogens is 221 g/mol. The summed E-state index contributed by atoms with van der Waals surface area (Å²) in [5.41, 5.74) is 0. The van der Waals surface area contributed by atoms with E-state index < -0.39 is 12.7 Å². The molecule has 0 aliphatic carbocycles. The Balaban J connectivity index is 4.31. The molecule has 6 heteroatoms. The molecule has 0 bridgehead atoms. The van der Waals surface area contributed by atoms with Gasteiger partial charge in [0.15, 0.2) is 0 Å². The molecule has 0 aromatic heterocycles. The van der Waals surface area contributed by atoms with Gasteiger partial charge in [0.1, 0.15) is 0 Å². The number of methoxy groups -OCH3 is 1. The summed E-state index contributed by atoms with van der Waals surface area (Å²) >= 11 is 0. The monoisotopic (exact) mass is 242 g/mol. The summed E-state index contributed by atoms with van der Waals surface area (Å²) in [5, 5.41) is 2.94. The van der Waals surface area contributed by atoms with Gasteiger partial charge in [0.2, 0.25) is 0 Å². The van der Waals surface area contributed by atoms with E-state index in [4.69, 9.17) is 4.74 Å². The molecule has 16 heavy (non-hydrogen) atoms. The van der Waals surface area contributed by atoms with Gasteiger partial charge in [-0.05, 0) is 20.9 Å². The van der Waals surface area contributed by atoms with Crippen molar-refractivity contribution in [3.8, 4) is 0 Å². The summed E-state index contributed by atoms with van der Waals surface area (Å²) in [6.07, 6.45) is -4.16. The summed E-state index contributed by atoms with van der Waals surface area (Å²) in [7, 11) is 3.25. The molecule has 1 unspecified atom stereocenters. The van der Waals surface area contributed by atoms with Gasteiger partial charge in [-0.1, -0.05) is 0 Å². The Morgan fingerprint density at radius 1 is 1.31 bits per heavy atom. The van der Waals surface area contributed by atoms with Crippen molar-refractivity contribution in [2.24, 2.45) is 0 Å². The molecule has 0 aromatic rings. The highest BCUT2D eigenvalue weighted by Crippen LogP contribution is 2.18. The molecule has 0 fully saturated rings. The Bertz CT molecular complexity index is 185. The van der Waals surface area contributed by atoms with Gasteiger partial charge in [0.25, 0.3) is 0 Å². The Morgan fingerprint density at radius 3 is 2.19 bits per heavy atom. The molecule has 0 radical (unpaired) electrons. The zero-order valence-corrected chi connectivity index (χ0v) is 10.3. The first-order valence-electron chi connectivity index (χ1n) is 5.27. The number of hydrogen-bond acceptors (Lipinski definition) is 3. The summed E-state index contributed by atoms with van der Waals surface area (Å²) in [5.74, 6) is 0. The van der Waals surface area contributed by atoms with Crippen molar-refractivity contribution < 1.29 is 17.9 Å². The molecule has 0 aliphatic rings. The van der Waals surface area contributed by atoms with Crippen molar-refractivity contribution >= 4 is 0 Å². The van der Waals surface area contributed by atoms with Crippen molar-refractivity contribution in [1.82, 2.24) is 10.2 Å². The van der Waals surface area contributed by atoms with E-state index >= 15 is 0 Å². The molecule has 0 spiro atoms. The number of rotatable bonds is 7. The molecule has 0 amide bonds. The number of likely N-dealkylation sites (N-methyl/N-ethyl adjacent to an activating group) is 1. The zero-order valence-electron chi connectivity index (χ0n) is 10.3. The largest absolute Gasteiger partial charge is 0.401 e. The Morgan fingerprint density at radius 2 is 1.88 bits per heavy atom. The van der Waals surface area contributed by atoms with Gasteiger partial charge in [-0.25, -0.2) is 0 Å². The third-order valence-corrected chi connectivity index (χ3v) is 2.34. The molecule has 0 heterocycles. The summed E-state index contributed by atoms with van der Waals surface area (Å²) in [4.78, 5) is 1.39. The second kappa shape index (κ2) is 7.09. The average Bonchev–Trinajstić information content (AvgIpc) is 2.13. The van der Waals surface area contributed by atoms with Crippen LogP contribution in [-0.4, -0.2) is 57.0 Å². The quantitative estimate of drug-likeness (QED) is 0.732. The van der Waals surface area contributed by atoms with Crippen LogP contribution in [0.1, 0.15) is 13.8 Å². The molecule has 0 aliphatic heterocycles. The molecule has 3 nitrogen and oxygen atoms in total. The number of halogens is 3.